The fourth-order valence-corrected chi connectivity index (χ4v) is 2.68. The zero-order valence-electron chi connectivity index (χ0n) is 13.8. The van der Waals surface area contributed by atoms with Crippen molar-refractivity contribution in [2.75, 3.05) is 13.2 Å². The molecule has 2 aromatic rings. The average Bonchev–Trinajstić information content (AvgIpc) is 2.63. The van der Waals surface area contributed by atoms with Gasteiger partial charge in [0, 0.05) is 30.7 Å². The van der Waals surface area contributed by atoms with Crippen LogP contribution in [-0.2, 0) is 4.74 Å². The number of pyridine rings is 1. The van der Waals surface area contributed by atoms with Crippen LogP contribution >= 0.6 is 0 Å². The van der Waals surface area contributed by atoms with Gasteiger partial charge in [0.15, 0.2) is 0 Å². The first-order valence-corrected chi connectivity index (χ1v) is 8.28. The summed E-state index contributed by atoms with van der Waals surface area (Å²) in [6.07, 6.45) is 3.41. The number of benzene rings is 1. The first kappa shape index (κ1) is 16.5. The number of carbonyl (C=O) groups excluding carboxylic acids is 1. The lowest BCUT2D eigenvalue weighted by Gasteiger charge is -2.22. The highest BCUT2D eigenvalue weighted by Crippen LogP contribution is 2.18. The van der Waals surface area contributed by atoms with Gasteiger partial charge >= 0.3 is 0 Å². The molecule has 2 heterocycles. The number of amides is 1. The molecule has 0 bridgehead atoms. The van der Waals surface area contributed by atoms with Gasteiger partial charge in [-0.25, -0.2) is 4.98 Å². The molecular formula is C19H22N2O3. The molecule has 5 nitrogen and oxygen atoms in total. The number of aromatic nitrogens is 1. The number of hydrogen-bond donors (Lipinski definition) is 1. The summed E-state index contributed by atoms with van der Waals surface area (Å²) in [6.45, 7) is 3.38. The molecule has 1 aliphatic rings. The SMILES string of the molecule is C[C@@H](NC(=O)c1ccnc(OC2CCOCC2)c1)c1ccccc1. The second kappa shape index (κ2) is 7.93. The molecule has 126 valence electrons. The predicted molar refractivity (Wildman–Crippen MR) is 91.0 cm³/mol. The van der Waals surface area contributed by atoms with Gasteiger partial charge in [-0.3, -0.25) is 4.79 Å². The lowest BCUT2D eigenvalue weighted by atomic mass is 10.1. The minimum absolute atomic E-state index is 0.0632. The smallest absolute Gasteiger partial charge is 0.252 e. The van der Waals surface area contributed by atoms with E-state index in [0.29, 0.717) is 24.7 Å². The zero-order chi connectivity index (χ0) is 16.8. The Kier molecular flexibility index (Phi) is 5.43. The van der Waals surface area contributed by atoms with Crippen LogP contribution < -0.4 is 10.1 Å². The molecule has 0 spiro atoms. The van der Waals surface area contributed by atoms with E-state index in [4.69, 9.17) is 9.47 Å². The molecule has 0 aliphatic carbocycles. The lowest BCUT2D eigenvalue weighted by molar-refractivity contribution is 0.0237. The van der Waals surface area contributed by atoms with Crippen molar-refractivity contribution in [3.8, 4) is 5.88 Å². The van der Waals surface area contributed by atoms with Gasteiger partial charge in [-0.15, -0.1) is 0 Å². The van der Waals surface area contributed by atoms with E-state index in [9.17, 15) is 4.79 Å². The average molecular weight is 326 g/mol. The van der Waals surface area contributed by atoms with Gasteiger partial charge in [-0.2, -0.15) is 0 Å². The van der Waals surface area contributed by atoms with Gasteiger partial charge in [0.25, 0.3) is 5.91 Å². The first-order valence-electron chi connectivity index (χ1n) is 8.28. The fourth-order valence-electron chi connectivity index (χ4n) is 2.68. The number of carbonyl (C=O) groups is 1. The molecular weight excluding hydrogens is 304 g/mol. The highest BCUT2D eigenvalue weighted by atomic mass is 16.5. The topological polar surface area (TPSA) is 60.5 Å². The van der Waals surface area contributed by atoms with E-state index in [2.05, 4.69) is 10.3 Å². The van der Waals surface area contributed by atoms with Crippen LogP contribution in [0.4, 0.5) is 0 Å². The molecule has 1 aromatic carbocycles. The Morgan fingerprint density at radius 1 is 1.25 bits per heavy atom. The number of rotatable bonds is 5. The maximum Gasteiger partial charge on any atom is 0.252 e. The Labute approximate surface area is 142 Å². The van der Waals surface area contributed by atoms with E-state index in [1.807, 2.05) is 37.3 Å². The standard InChI is InChI=1S/C19H22N2O3/c1-14(15-5-3-2-4-6-15)21-19(22)16-7-10-20-18(13-16)24-17-8-11-23-12-9-17/h2-7,10,13-14,17H,8-9,11-12H2,1H3,(H,21,22)/t14-/m1/s1. The molecule has 1 atom stereocenters. The van der Waals surface area contributed by atoms with Crippen molar-refractivity contribution in [3.63, 3.8) is 0 Å². The second-order valence-electron chi connectivity index (χ2n) is 5.92. The second-order valence-corrected chi connectivity index (χ2v) is 5.92. The fraction of sp³-hybridized carbons (Fsp3) is 0.368. The van der Waals surface area contributed by atoms with Crippen LogP contribution in [0.5, 0.6) is 5.88 Å². The van der Waals surface area contributed by atoms with Gasteiger partial charge in [0.2, 0.25) is 5.88 Å². The summed E-state index contributed by atoms with van der Waals surface area (Å²) in [7, 11) is 0. The predicted octanol–water partition coefficient (Wildman–Crippen LogP) is 3.13. The number of nitrogens with zero attached hydrogens (tertiary/aromatic N) is 1. The maximum absolute atomic E-state index is 12.5. The Bertz CT molecular complexity index is 669. The molecule has 3 rings (SSSR count). The highest BCUT2D eigenvalue weighted by molar-refractivity contribution is 5.94. The molecule has 1 aromatic heterocycles. The Morgan fingerprint density at radius 3 is 2.75 bits per heavy atom. The van der Waals surface area contributed by atoms with Gasteiger partial charge in [-0.05, 0) is 18.6 Å². The van der Waals surface area contributed by atoms with Crippen LogP contribution in [-0.4, -0.2) is 30.2 Å². The van der Waals surface area contributed by atoms with Gasteiger partial charge in [0.05, 0.1) is 19.3 Å². The van der Waals surface area contributed by atoms with Crippen molar-refractivity contribution in [1.82, 2.24) is 10.3 Å². The number of nitrogens with one attached hydrogen (secondary N) is 1. The Hall–Kier alpha value is -2.40. The van der Waals surface area contributed by atoms with Gasteiger partial charge in [0.1, 0.15) is 6.10 Å². The van der Waals surface area contributed by atoms with Crippen LogP contribution in [0.2, 0.25) is 0 Å². The van der Waals surface area contributed by atoms with Crippen molar-refractivity contribution in [1.29, 1.82) is 0 Å². The molecule has 1 saturated heterocycles. The third kappa shape index (κ3) is 4.32. The van der Waals surface area contributed by atoms with Gasteiger partial charge < -0.3 is 14.8 Å². The third-order valence-corrected chi connectivity index (χ3v) is 4.10. The van der Waals surface area contributed by atoms with E-state index in [1.165, 1.54) is 0 Å². The third-order valence-electron chi connectivity index (χ3n) is 4.10. The van der Waals surface area contributed by atoms with E-state index < -0.39 is 0 Å². The van der Waals surface area contributed by atoms with Crippen molar-refractivity contribution in [2.45, 2.75) is 31.9 Å². The van der Waals surface area contributed by atoms with E-state index in [0.717, 1.165) is 18.4 Å². The molecule has 0 radical (unpaired) electrons. The molecule has 5 heteroatoms. The van der Waals surface area contributed by atoms with E-state index in [1.54, 1.807) is 18.3 Å². The summed E-state index contributed by atoms with van der Waals surface area (Å²) in [6, 6.07) is 13.2. The van der Waals surface area contributed by atoms with Crippen LogP contribution in [0.3, 0.4) is 0 Å². The van der Waals surface area contributed by atoms with E-state index in [-0.39, 0.29) is 18.1 Å². The summed E-state index contributed by atoms with van der Waals surface area (Å²) in [5, 5.41) is 3.00. The van der Waals surface area contributed by atoms with Crippen LogP contribution in [0, 0.1) is 0 Å². The normalized spacial score (nSPS) is 16.4. The summed E-state index contributed by atoms with van der Waals surface area (Å²) in [4.78, 5) is 16.7. The summed E-state index contributed by atoms with van der Waals surface area (Å²) in [5.74, 6) is 0.354. The number of ether oxygens (including phenoxy) is 2. The quantitative estimate of drug-likeness (QED) is 0.917. The largest absolute Gasteiger partial charge is 0.474 e. The van der Waals surface area contributed by atoms with Crippen molar-refractivity contribution < 1.29 is 14.3 Å². The van der Waals surface area contributed by atoms with Crippen LogP contribution in [0.1, 0.15) is 41.7 Å². The van der Waals surface area contributed by atoms with Crippen LogP contribution in [0.15, 0.2) is 48.7 Å². The highest BCUT2D eigenvalue weighted by Gasteiger charge is 2.17. The first-order chi connectivity index (χ1) is 11.7. The van der Waals surface area contributed by atoms with Crippen molar-refractivity contribution in [3.05, 3.63) is 59.8 Å². The lowest BCUT2D eigenvalue weighted by Crippen LogP contribution is -2.28. The maximum atomic E-state index is 12.5. The molecule has 24 heavy (non-hydrogen) atoms. The Balaban J connectivity index is 1.63. The zero-order valence-corrected chi connectivity index (χ0v) is 13.8. The Morgan fingerprint density at radius 2 is 2.00 bits per heavy atom. The summed E-state index contributed by atoms with van der Waals surface area (Å²) < 4.78 is 11.2. The monoisotopic (exact) mass is 326 g/mol. The van der Waals surface area contributed by atoms with Gasteiger partial charge in [-0.1, -0.05) is 30.3 Å². The molecule has 1 amide bonds. The minimum atomic E-state index is -0.134. The van der Waals surface area contributed by atoms with Crippen LogP contribution in [0.25, 0.3) is 0 Å². The van der Waals surface area contributed by atoms with Crippen molar-refractivity contribution >= 4 is 5.91 Å². The number of hydrogen-bond acceptors (Lipinski definition) is 4. The van der Waals surface area contributed by atoms with Crippen molar-refractivity contribution in [2.24, 2.45) is 0 Å². The molecule has 0 unspecified atom stereocenters. The molecule has 1 fully saturated rings. The minimum Gasteiger partial charge on any atom is -0.474 e. The molecule has 1 aliphatic heterocycles. The molecule has 1 N–H and O–H groups in total. The molecule has 0 saturated carbocycles. The van der Waals surface area contributed by atoms with E-state index >= 15 is 0 Å². The summed E-state index contributed by atoms with van der Waals surface area (Å²) >= 11 is 0. The summed E-state index contributed by atoms with van der Waals surface area (Å²) in [5.41, 5.74) is 1.62.